The molecule has 0 atom stereocenters. The van der Waals surface area contributed by atoms with E-state index < -0.39 is 9.84 Å². The molecule has 2 rings (SSSR count). The van der Waals surface area contributed by atoms with Gasteiger partial charge in [-0.05, 0) is 18.2 Å². The van der Waals surface area contributed by atoms with Gasteiger partial charge in [-0.3, -0.25) is 4.98 Å². The molecule has 0 bridgehead atoms. The van der Waals surface area contributed by atoms with Crippen LogP contribution in [0.15, 0.2) is 52.8 Å². The lowest BCUT2D eigenvalue weighted by molar-refractivity contribution is 0.597. The molecule has 2 aromatic rings. The number of benzene rings is 1. The third kappa shape index (κ3) is 3.79. The number of hydrogen-bond acceptors (Lipinski definition) is 6. The number of nitriles is 1. The first-order valence-corrected chi connectivity index (χ1v) is 8.37. The quantitative estimate of drug-likeness (QED) is 0.785. The molecule has 1 heterocycles. The topological polar surface area (TPSA) is 83.7 Å². The Bertz CT molecular complexity index is 725. The Kier molecular flexibility index (Phi) is 4.71. The third-order valence-corrected chi connectivity index (χ3v) is 5.35. The summed E-state index contributed by atoms with van der Waals surface area (Å²) in [5.41, 5.74) is 0.340. The van der Waals surface area contributed by atoms with Crippen molar-refractivity contribution in [2.45, 2.75) is 9.92 Å². The van der Waals surface area contributed by atoms with Crippen molar-refractivity contribution in [3.63, 3.8) is 0 Å². The molecule has 20 heavy (non-hydrogen) atoms. The molecule has 0 aliphatic rings. The second kappa shape index (κ2) is 6.50. The predicted octanol–water partition coefficient (Wildman–Crippen LogP) is 1.91. The maximum atomic E-state index is 12.1. The maximum absolute atomic E-state index is 12.1. The first kappa shape index (κ1) is 14.5. The lowest BCUT2D eigenvalue weighted by Gasteiger charge is -2.04. The summed E-state index contributed by atoms with van der Waals surface area (Å²) >= 11 is 1.33. The van der Waals surface area contributed by atoms with Gasteiger partial charge in [0, 0.05) is 18.1 Å². The lowest BCUT2D eigenvalue weighted by Crippen LogP contribution is -2.09. The zero-order valence-electron chi connectivity index (χ0n) is 10.4. The van der Waals surface area contributed by atoms with E-state index in [9.17, 15) is 8.42 Å². The summed E-state index contributed by atoms with van der Waals surface area (Å²) < 4.78 is 24.3. The van der Waals surface area contributed by atoms with Gasteiger partial charge < -0.3 is 0 Å². The zero-order chi connectivity index (χ0) is 14.4. The van der Waals surface area contributed by atoms with Crippen LogP contribution in [-0.2, 0) is 9.84 Å². The first-order chi connectivity index (χ1) is 9.62. The molecular weight excluding hydrogens is 294 g/mol. The molecule has 5 nitrogen and oxygen atoms in total. The van der Waals surface area contributed by atoms with Crippen molar-refractivity contribution in [2.75, 3.05) is 11.5 Å². The average Bonchev–Trinajstić information content (AvgIpc) is 2.48. The molecule has 0 fully saturated rings. The van der Waals surface area contributed by atoms with E-state index in [1.807, 2.05) is 6.07 Å². The molecule has 0 N–H and O–H groups in total. The molecule has 0 spiro atoms. The fraction of sp³-hybridized carbons (Fsp3) is 0.154. The molecule has 0 saturated heterocycles. The lowest BCUT2D eigenvalue weighted by atomic mass is 10.2. The summed E-state index contributed by atoms with van der Waals surface area (Å²) in [6, 6.07) is 7.98. The van der Waals surface area contributed by atoms with Crippen molar-refractivity contribution >= 4 is 21.6 Å². The van der Waals surface area contributed by atoms with Crippen LogP contribution in [0.25, 0.3) is 0 Å². The summed E-state index contributed by atoms with van der Waals surface area (Å²) in [6.07, 6.45) is 4.72. The highest BCUT2D eigenvalue weighted by Gasteiger charge is 2.14. The SMILES string of the molecule is N#Cc1cccc(S(=O)(=O)CCSc2cnccn2)c1. The highest BCUT2D eigenvalue weighted by Crippen LogP contribution is 2.17. The Morgan fingerprint density at radius 2 is 2.15 bits per heavy atom. The number of rotatable bonds is 5. The van der Waals surface area contributed by atoms with Gasteiger partial charge in [0.15, 0.2) is 9.84 Å². The Hall–Kier alpha value is -1.91. The van der Waals surface area contributed by atoms with Crippen LogP contribution in [-0.4, -0.2) is 29.9 Å². The van der Waals surface area contributed by atoms with E-state index in [1.54, 1.807) is 30.7 Å². The highest BCUT2D eigenvalue weighted by atomic mass is 32.2. The van der Waals surface area contributed by atoms with Crippen molar-refractivity contribution in [1.29, 1.82) is 5.26 Å². The predicted molar refractivity (Wildman–Crippen MR) is 76.0 cm³/mol. The first-order valence-electron chi connectivity index (χ1n) is 5.73. The molecule has 0 saturated carbocycles. The summed E-state index contributed by atoms with van der Waals surface area (Å²) in [4.78, 5) is 8.15. The van der Waals surface area contributed by atoms with Gasteiger partial charge in [-0.15, -0.1) is 11.8 Å². The van der Waals surface area contributed by atoms with Gasteiger partial charge in [-0.1, -0.05) is 6.07 Å². The third-order valence-electron chi connectivity index (χ3n) is 2.46. The Balaban J connectivity index is 2.02. The number of hydrogen-bond donors (Lipinski definition) is 0. The second-order valence-electron chi connectivity index (χ2n) is 3.85. The zero-order valence-corrected chi connectivity index (χ0v) is 12.1. The summed E-state index contributed by atoms with van der Waals surface area (Å²) in [7, 11) is -3.38. The van der Waals surface area contributed by atoms with Crippen molar-refractivity contribution in [1.82, 2.24) is 9.97 Å². The van der Waals surface area contributed by atoms with Gasteiger partial charge in [0.2, 0.25) is 0 Å². The number of aromatic nitrogens is 2. The largest absolute Gasteiger partial charge is 0.260 e. The van der Waals surface area contributed by atoms with Crippen molar-refractivity contribution < 1.29 is 8.42 Å². The van der Waals surface area contributed by atoms with Crippen molar-refractivity contribution in [3.8, 4) is 6.07 Å². The summed E-state index contributed by atoms with van der Waals surface area (Å²) in [6.45, 7) is 0. The number of nitrogens with zero attached hydrogens (tertiary/aromatic N) is 3. The van der Waals surface area contributed by atoms with Crippen LogP contribution in [0.5, 0.6) is 0 Å². The van der Waals surface area contributed by atoms with E-state index in [-0.39, 0.29) is 10.6 Å². The van der Waals surface area contributed by atoms with Gasteiger partial charge in [0.05, 0.1) is 28.5 Å². The van der Waals surface area contributed by atoms with E-state index in [0.29, 0.717) is 16.3 Å². The maximum Gasteiger partial charge on any atom is 0.179 e. The standard InChI is InChI=1S/C13H11N3O2S2/c14-9-11-2-1-3-12(8-11)20(17,18)7-6-19-13-10-15-4-5-16-13/h1-5,8,10H,6-7H2. The Morgan fingerprint density at radius 1 is 1.30 bits per heavy atom. The highest BCUT2D eigenvalue weighted by molar-refractivity contribution is 8.00. The van der Waals surface area contributed by atoms with Gasteiger partial charge >= 0.3 is 0 Å². The fourth-order valence-electron chi connectivity index (χ4n) is 1.49. The van der Waals surface area contributed by atoms with E-state index in [2.05, 4.69) is 9.97 Å². The van der Waals surface area contributed by atoms with Crippen LogP contribution < -0.4 is 0 Å². The molecular formula is C13H11N3O2S2. The minimum absolute atomic E-state index is 0.0108. The number of thioether (sulfide) groups is 1. The summed E-state index contributed by atoms with van der Waals surface area (Å²) in [5, 5.41) is 9.48. The van der Waals surface area contributed by atoms with Crippen LogP contribution in [0.3, 0.4) is 0 Å². The molecule has 1 aromatic carbocycles. The molecule has 7 heteroatoms. The number of sulfone groups is 1. The van der Waals surface area contributed by atoms with E-state index in [0.717, 1.165) is 0 Å². The van der Waals surface area contributed by atoms with Gasteiger partial charge in [-0.2, -0.15) is 5.26 Å². The monoisotopic (exact) mass is 305 g/mol. The van der Waals surface area contributed by atoms with E-state index in [4.69, 9.17) is 5.26 Å². The minimum Gasteiger partial charge on any atom is -0.260 e. The molecule has 1 aromatic heterocycles. The smallest absolute Gasteiger partial charge is 0.179 e. The van der Waals surface area contributed by atoms with E-state index >= 15 is 0 Å². The van der Waals surface area contributed by atoms with Gasteiger partial charge in [0.25, 0.3) is 0 Å². The van der Waals surface area contributed by atoms with Crippen molar-refractivity contribution in [2.24, 2.45) is 0 Å². The van der Waals surface area contributed by atoms with Crippen LogP contribution in [0.4, 0.5) is 0 Å². The second-order valence-corrected chi connectivity index (χ2v) is 7.07. The molecule has 0 aliphatic carbocycles. The molecule has 102 valence electrons. The van der Waals surface area contributed by atoms with Gasteiger partial charge in [0.1, 0.15) is 5.03 Å². The van der Waals surface area contributed by atoms with Crippen LogP contribution in [0.1, 0.15) is 5.56 Å². The summed E-state index contributed by atoms with van der Waals surface area (Å²) in [5.74, 6) is 0.376. The molecule has 0 unspecified atom stereocenters. The van der Waals surface area contributed by atoms with Crippen LogP contribution >= 0.6 is 11.8 Å². The molecule has 0 radical (unpaired) electrons. The Morgan fingerprint density at radius 3 is 2.85 bits per heavy atom. The van der Waals surface area contributed by atoms with Crippen LogP contribution in [0.2, 0.25) is 0 Å². The minimum atomic E-state index is -3.38. The average molecular weight is 305 g/mol. The van der Waals surface area contributed by atoms with Crippen molar-refractivity contribution in [3.05, 3.63) is 48.4 Å². The van der Waals surface area contributed by atoms with E-state index in [1.165, 1.54) is 23.9 Å². The fourth-order valence-corrected chi connectivity index (χ4v) is 4.01. The normalized spacial score (nSPS) is 10.9. The van der Waals surface area contributed by atoms with Crippen LogP contribution in [0, 0.1) is 11.3 Å². The Labute approximate surface area is 121 Å². The molecule has 0 amide bonds. The molecule has 0 aliphatic heterocycles. The van der Waals surface area contributed by atoms with Gasteiger partial charge in [-0.25, -0.2) is 13.4 Å².